The number of nitrogens with two attached hydrogens (primary N) is 1. The van der Waals surface area contributed by atoms with E-state index in [4.69, 9.17) is 17.3 Å². The Bertz CT molecular complexity index is 2500. The first-order chi connectivity index (χ1) is 30.0. The van der Waals surface area contributed by atoms with Crippen LogP contribution < -0.4 is 37.2 Å². The molecule has 1 saturated carbocycles. The second-order valence-electron chi connectivity index (χ2n) is 16.5. The molecule has 2 unspecified atom stereocenters. The number of hydrogen-bond donors (Lipinski definition) is 6. The molecule has 0 bridgehead atoms. The molecule has 4 heterocycles. The van der Waals surface area contributed by atoms with Crippen LogP contribution in [0, 0.1) is 23.6 Å². The number of primary amides is 1. The van der Waals surface area contributed by atoms with Crippen LogP contribution in [0.4, 0.5) is 38.9 Å². The average Bonchev–Trinajstić information content (AvgIpc) is 3.70. The predicted molar refractivity (Wildman–Crippen MR) is 236 cm³/mol. The minimum Gasteiger partial charge on any atom is -0.374 e. The highest BCUT2D eigenvalue weighted by atomic mass is 35.5. The number of aromatic nitrogens is 2. The molecule has 4 aliphatic rings. The molecule has 4 amide bonds. The molecule has 1 aromatic heterocycles. The molecule has 4 atom stereocenters. The Morgan fingerprint density at radius 1 is 0.855 bits per heavy atom. The number of likely N-dealkylation sites (tertiary alicyclic amines) is 1. The van der Waals surface area contributed by atoms with Crippen LogP contribution in [-0.4, -0.2) is 83.3 Å². The SMILES string of the molecule is NC(=O)c1ccc(Nc2nc(Nc3ccc(C(=O)NC4[C@H]5CN(CC6CCN(c7ccc(NC8CCC(=O)NC8=O)cc7)CC6)C[C@@H]45)cc3)ncc2F)cc1-c1ccccc1Cl. The van der Waals surface area contributed by atoms with Crippen LogP contribution in [0.5, 0.6) is 0 Å². The van der Waals surface area contributed by atoms with Crippen molar-refractivity contribution in [2.24, 2.45) is 23.5 Å². The molecule has 318 valence electrons. The molecule has 0 radical (unpaired) electrons. The highest BCUT2D eigenvalue weighted by Gasteiger charge is 2.56. The lowest BCUT2D eigenvalue weighted by molar-refractivity contribution is -0.133. The molecule has 14 nitrogen and oxygen atoms in total. The highest BCUT2D eigenvalue weighted by molar-refractivity contribution is 6.33. The zero-order chi connectivity index (χ0) is 42.9. The van der Waals surface area contributed by atoms with Crippen molar-refractivity contribution in [3.8, 4) is 11.1 Å². The predicted octanol–water partition coefficient (Wildman–Crippen LogP) is 6.32. The number of carbonyl (C=O) groups is 4. The van der Waals surface area contributed by atoms with E-state index in [9.17, 15) is 23.6 Å². The van der Waals surface area contributed by atoms with Crippen molar-refractivity contribution in [3.63, 3.8) is 0 Å². The van der Waals surface area contributed by atoms with Gasteiger partial charge in [0.1, 0.15) is 6.04 Å². The molecule has 5 aromatic rings. The van der Waals surface area contributed by atoms with Gasteiger partial charge in [0.25, 0.3) is 5.91 Å². The van der Waals surface area contributed by atoms with Crippen LogP contribution in [0.25, 0.3) is 11.1 Å². The number of piperidine rings is 3. The van der Waals surface area contributed by atoms with E-state index in [0.717, 1.165) is 57.4 Å². The number of halogens is 2. The molecular formula is C46H46ClFN10O4. The van der Waals surface area contributed by atoms with E-state index in [2.05, 4.69) is 58.5 Å². The molecule has 7 N–H and O–H groups in total. The van der Waals surface area contributed by atoms with Gasteiger partial charge in [-0.25, -0.2) is 9.37 Å². The van der Waals surface area contributed by atoms with Gasteiger partial charge >= 0.3 is 0 Å². The molecule has 4 fully saturated rings. The fraction of sp³-hybridized carbons (Fsp3) is 0.304. The van der Waals surface area contributed by atoms with E-state index >= 15 is 0 Å². The minimum atomic E-state index is -0.682. The van der Waals surface area contributed by atoms with Gasteiger partial charge in [0, 0.05) is 89.6 Å². The number of imide groups is 1. The lowest BCUT2D eigenvalue weighted by atomic mass is 9.95. The summed E-state index contributed by atoms with van der Waals surface area (Å²) in [5.41, 5.74) is 10.6. The monoisotopic (exact) mass is 856 g/mol. The van der Waals surface area contributed by atoms with E-state index in [1.54, 1.807) is 66.7 Å². The normalized spacial score (nSPS) is 21.2. The molecule has 3 aliphatic heterocycles. The van der Waals surface area contributed by atoms with E-state index in [-0.39, 0.29) is 41.1 Å². The molecule has 0 spiro atoms. The second kappa shape index (κ2) is 17.4. The number of carbonyl (C=O) groups excluding carboxylic acids is 4. The van der Waals surface area contributed by atoms with Crippen LogP contribution in [-0.2, 0) is 9.59 Å². The fourth-order valence-electron chi connectivity index (χ4n) is 8.98. The van der Waals surface area contributed by atoms with E-state index in [1.807, 2.05) is 12.1 Å². The van der Waals surface area contributed by atoms with Gasteiger partial charge in [-0.2, -0.15) is 4.98 Å². The standard InChI is InChI=1S/C46H46ClFN10O4/c47-37-4-2-1-3-32(37)34-21-30(11-14-33(34)42(49)60)52-43-38(48)22-50-46(56-43)53-29-7-5-27(6-8-29)44(61)55-41-35-24-57(25-36(35)41)23-26-17-19-58(20-18-26)31-12-9-28(10-13-31)51-39-15-16-40(59)54-45(39)62/h1-14,21-22,26,35-36,39,41,51H,15-20,23-25H2,(H2,49,60)(H,55,61)(H,54,59,62)(H2,50,52,53,56)/t35-,36+,39?,41?. The number of nitrogens with one attached hydrogen (secondary N) is 5. The third-order valence-corrected chi connectivity index (χ3v) is 12.7. The summed E-state index contributed by atoms with van der Waals surface area (Å²) < 4.78 is 14.9. The maximum Gasteiger partial charge on any atom is 0.251 e. The summed E-state index contributed by atoms with van der Waals surface area (Å²) in [6.45, 7) is 5.06. The van der Waals surface area contributed by atoms with Gasteiger partial charge in [-0.15, -0.1) is 0 Å². The summed E-state index contributed by atoms with van der Waals surface area (Å²) in [6.07, 6.45) is 4.14. The molecular weight excluding hydrogens is 811 g/mol. The Balaban J connectivity index is 0.720. The van der Waals surface area contributed by atoms with Gasteiger partial charge in [0.15, 0.2) is 11.6 Å². The van der Waals surface area contributed by atoms with Crippen LogP contribution in [0.1, 0.15) is 46.4 Å². The van der Waals surface area contributed by atoms with Crippen molar-refractivity contribution < 1.29 is 23.6 Å². The van der Waals surface area contributed by atoms with Gasteiger partial charge in [0.2, 0.25) is 23.7 Å². The van der Waals surface area contributed by atoms with Crippen molar-refractivity contribution in [3.05, 3.63) is 119 Å². The first-order valence-corrected chi connectivity index (χ1v) is 21.3. The Labute approximate surface area is 362 Å². The first kappa shape index (κ1) is 40.8. The Kier molecular flexibility index (Phi) is 11.5. The summed E-state index contributed by atoms with van der Waals surface area (Å²) in [4.78, 5) is 62.4. The number of anilines is 6. The molecule has 3 saturated heterocycles. The van der Waals surface area contributed by atoms with Crippen molar-refractivity contribution in [1.82, 2.24) is 25.5 Å². The zero-order valence-electron chi connectivity index (χ0n) is 33.7. The summed E-state index contributed by atoms with van der Waals surface area (Å²) in [5.74, 6) is -0.286. The summed E-state index contributed by atoms with van der Waals surface area (Å²) in [6, 6.07) is 26.8. The van der Waals surface area contributed by atoms with Crippen molar-refractivity contribution in [1.29, 1.82) is 0 Å². The Morgan fingerprint density at radius 2 is 1.56 bits per heavy atom. The van der Waals surface area contributed by atoms with Crippen LogP contribution in [0.2, 0.25) is 5.02 Å². The first-order valence-electron chi connectivity index (χ1n) is 20.9. The van der Waals surface area contributed by atoms with E-state index in [0.29, 0.717) is 63.7 Å². The van der Waals surface area contributed by atoms with Gasteiger partial charge in [0.05, 0.1) is 6.20 Å². The maximum absolute atomic E-state index is 14.9. The topological polar surface area (TPSA) is 187 Å². The van der Waals surface area contributed by atoms with Gasteiger partial charge in [-0.3, -0.25) is 24.5 Å². The van der Waals surface area contributed by atoms with Crippen LogP contribution >= 0.6 is 11.6 Å². The van der Waals surface area contributed by atoms with Gasteiger partial charge < -0.3 is 36.8 Å². The lowest BCUT2D eigenvalue weighted by Crippen LogP contribution is -2.47. The zero-order valence-corrected chi connectivity index (χ0v) is 34.5. The summed E-state index contributed by atoms with van der Waals surface area (Å²) in [5, 5.41) is 15.4. The molecule has 4 aromatic carbocycles. The molecule has 62 heavy (non-hydrogen) atoms. The van der Waals surface area contributed by atoms with E-state index in [1.165, 1.54) is 5.69 Å². The Morgan fingerprint density at radius 3 is 2.27 bits per heavy atom. The molecule has 9 rings (SSSR count). The van der Waals surface area contributed by atoms with Crippen LogP contribution in [0.3, 0.4) is 0 Å². The molecule has 1 aliphatic carbocycles. The van der Waals surface area contributed by atoms with Crippen molar-refractivity contribution in [2.75, 3.05) is 53.6 Å². The van der Waals surface area contributed by atoms with Crippen molar-refractivity contribution in [2.45, 2.75) is 37.8 Å². The second-order valence-corrected chi connectivity index (χ2v) is 16.9. The number of fused-ring (bicyclic) bond motifs is 1. The van der Waals surface area contributed by atoms with Crippen molar-refractivity contribution >= 4 is 69.7 Å². The Hall–Kier alpha value is -6.58. The smallest absolute Gasteiger partial charge is 0.251 e. The average molecular weight is 857 g/mol. The lowest BCUT2D eigenvalue weighted by Gasteiger charge is -2.35. The number of rotatable bonds is 13. The molecule has 16 heteroatoms. The minimum absolute atomic E-state index is 0.0864. The van der Waals surface area contributed by atoms with E-state index < -0.39 is 17.8 Å². The van der Waals surface area contributed by atoms with Gasteiger partial charge in [-0.05, 0) is 115 Å². The highest BCUT2D eigenvalue weighted by Crippen LogP contribution is 2.46. The number of benzene rings is 4. The summed E-state index contributed by atoms with van der Waals surface area (Å²) >= 11 is 6.42. The quantitative estimate of drug-likeness (QED) is 0.0729. The fourth-order valence-corrected chi connectivity index (χ4v) is 9.21. The maximum atomic E-state index is 14.9. The van der Waals surface area contributed by atoms with Gasteiger partial charge in [-0.1, -0.05) is 29.8 Å². The van der Waals surface area contributed by atoms with Crippen LogP contribution in [0.15, 0.2) is 97.2 Å². The third-order valence-electron chi connectivity index (χ3n) is 12.4. The largest absolute Gasteiger partial charge is 0.374 e. The summed E-state index contributed by atoms with van der Waals surface area (Å²) in [7, 11) is 0. The number of hydrogen-bond acceptors (Lipinski definition) is 11. The number of nitrogens with zero attached hydrogens (tertiary/aromatic N) is 4. The number of amides is 4. The third kappa shape index (κ3) is 9.04.